The lowest BCUT2D eigenvalue weighted by Crippen LogP contribution is -2.26. The minimum absolute atomic E-state index is 0.000763. The third-order valence-electron chi connectivity index (χ3n) is 2.05. The maximum atomic E-state index is 12.9. The normalized spacial score (nSPS) is 14.9. The van der Waals surface area contributed by atoms with Crippen molar-refractivity contribution in [1.82, 2.24) is 0 Å². The third-order valence-corrected chi connectivity index (χ3v) is 2.05. The standard InChI is InChI=1S/C11H15FO3/c1-11(14,15-7-3-6-13)9-4-2-5-10(12)8-9/h2,4-5,8,13-14H,3,6-7H2,1H3. The molecule has 1 unspecified atom stereocenters. The average molecular weight is 214 g/mol. The highest BCUT2D eigenvalue weighted by molar-refractivity contribution is 5.20. The van der Waals surface area contributed by atoms with Gasteiger partial charge in [0.05, 0.1) is 6.61 Å². The molecule has 0 amide bonds. The van der Waals surface area contributed by atoms with Gasteiger partial charge in [-0.25, -0.2) is 4.39 Å². The molecule has 0 aliphatic heterocycles. The van der Waals surface area contributed by atoms with Gasteiger partial charge in [-0.1, -0.05) is 12.1 Å². The summed E-state index contributed by atoms with van der Waals surface area (Å²) in [5.41, 5.74) is 0.362. The summed E-state index contributed by atoms with van der Waals surface area (Å²) in [6.07, 6.45) is 0.436. The van der Waals surface area contributed by atoms with Crippen molar-refractivity contribution in [2.45, 2.75) is 19.1 Å². The molecule has 1 aromatic carbocycles. The Bertz CT molecular complexity index is 312. The van der Waals surface area contributed by atoms with E-state index in [1.54, 1.807) is 6.07 Å². The Kier molecular flexibility index (Phi) is 4.20. The number of halogens is 1. The van der Waals surface area contributed by atoms with Crippen LogP contribution in [0.4, 0.5) is 4.39 Å². The molecule has 0 spiro atoms. The molecule has 1 aromatic rings. The van der Waals surface area contributed by atoms with Crippen LogP contribution in [0, 0.1) is 5.82 Å². The molecule has 0 saturated heterocycles. The van der Waals surface area contributed by atoms with E-state index in [2.05, 4.69) is 0 Å². The van der Waals surface area contributed by atoms with Gasteiger partial charge in [-0.2, -0.15) is 0 Å². The number of benzene rings is 1. The van der Waals surface area contributed by atoms with Crippen molar-refractivity contribution >= 4 is 0 Å². The molecule has 0 aliphatic rings. The lowest BCUT2D eigenvalue weighted by molar-refractivity contribution is -0.200. The van der Waals surface area contributed by atoms with E-state index in [4.69, 9.17) is 9.84 Å². The first kappa shape index (κ1) is 12.1. The minimum atomic E-state index is -1.52. The quantitative estimate of drug-likeness (QED) is 0.575. The first-order valence-corrected chi connectivity index (χ1v) is 4.79. The Morgan fingerprint density at radius 3 is 2.80 bits per heavy atom. The summed E-state index contributed by atoms with van der Waals surface area (Å²) in [6.45, 7) is 1.67. The van der Waals surface area contributed by atoms with Crippen molar-refractivity contribution in [1.29, 1.82) is 0 Å². The van der Waals surface area contributed by atoms with Crippen molar-refractivity contribution < 1.29 is 19.3 Å². The molecule has 0 bridgehead atoms. The molecule has 15 heavy (non-hydrogen) atoms. The van der Waals surface area contributed by atoms with Gasteiger partial charge in [0.2, 0.25) is 0 Å². The lowest BCUT2D eigenvalue weighted by Gasteiger charge is -2.24. The Hall–Kier alpha value is -0.970. The van der Waals surface area contributed by atoms with E-state index < -0.39 is 11.6 Å². The minimum Gasteiger partial charge on any atom is -0.396 e. The number of hydrogen-bond donors (Lipinski definition) is 2. The molecule has 2 N–H and O–H groups in total. The van der Waals surface area contributed by atoms with Crippen LogP contribution < -0.4 is 0 Å². The van der Waals surface area contributed by atoms with E-state index in [0.29, 0.717) is 12.0 Å². The van der Waals surface area contributed by atoms with E-state index in [-0.39, 0.29) is 13.2 Å². The molecular formula is C11H15FO3. The average Bonchev–Trinajstić information content (AvgIpc) is 2.18. The van der Waals surface area contributed by atoms with Gasteiger partial charge >= 0.3 is 0 Å². The molecule has 0 radical (unpaired) electrons. The van der Waals surface area contributed by atoms with Gasteiger partial charge < -0.3 is 14.9 Å². The van der Waals surface area contributed by atoms with Gasteiger partial charge in [0, 0.05) is 12.2 Å². The number of aliphatic hydroxyl groups excluding tert-OH is 1. The van der Waals surface area contributed by atoms with Crippen LogP contribution in [0.25, 0.3) is 0 Å². The third kappa shape index (κ3) is 3.58. The maximum Gasteiger partial charge on any atom is 0.189 e. The molecule has 0 fully saturated rings. The summed E-state index contributed by atoms with van der Waals surface area (Å²) >= 11 is 0. The van der Waals surface area contributed by atoms with Gasteiger partial charge in [-0.15, -0.1) is 0 Å². The predicted octanol–water partition coefficient (Wildman–Crippen LogP) is 1.39. The molecule has 1 rings (SSSR count). The molecule has 4 heteroatoms. The van der Waals surface area contributed by atoms with E-state index in [9.17, 15) is 9.50 Å². The van der Waals surface area contributed by atoms with Crippen LogP contribution in [0.2, 0.25) is 0 Å². The number of ether oxygens (including phenoxy) is 1. The highest BCUT2D eigenvalue weighted by Crippen LogP contribution is 2.22. The second-order valence-electron chi connectivity index (χ2n) is 3.42. The van der Waals surface area contributed by atoms with Gasteiger partial charge in [0.15, 0.2) is 5.79 Å². The zero-order valence-corrected chi connectivity index (χ0v) is 8.61. The Labute approximate surface area is 88.1 Å². The fourth-order valence-electron chi connectivity index (χ4n) is 1.20. The molecule has 1 atom stereocenters. The van der Waals surface area contributed by atoms with Crippen LogP contribution in [0.15, 0.2) is 24.3 Å². The zero-order chi connectivity index (χ0) is 11.3. The molecule has 84 valence electrons. The second-order valence-corrected chi connectivity index (χ2v) is 3.42. The van der Waals surface area contributed by atoms with E-state index in [1.165, 1.54) is 25.1 Å². The molecule has 0 heterocycles. The molecular weight excluding hydrogens is 199 g/mol. The first-order chi connectivity index (χ1) is 7.06. The summed E-state index contributed by atoms with van der Waals surface area (Å²) in [5, 5.41) is 18.4. The van der Waals surface area contributed by atoms with Crippen molar-refractivity contribution in [2.24, 2.45) is 0 Å². The van der Waals surface area contributed by atoms with Crippen LogP contribution in [-0.4, -0.2) is 23.4 Å². The monoisotopic (exact) mass is 214 g/mol. The van der Waals surface area contributed by atoms with Crippen LogP contribution in [-0.2, 0) is 10.5 Å². The summed E-state index contributed by atoms with van der Waals surface area (Å²) in [4.78, 5) is 0. The summed E-state index contributed by atoms with van der Waals surface area (Å²) in [5.74, 6) is -1.93. The largest absolute Gasteiger partial charge is 0.396 e. The SMILES string of the molecule is CC(O)(OCCCO)c1cccc(F)c1. The summed E-state index contributed by atoms with van der Waals surface area (Å²) < 4.78 is 18.0. The van der Waals surface area contributed by atoms with Crippen molar-refractivity contribution in [3.05, 3.63) is 35.6 Å². The molecule has 3 nitrogen and oxygen atoms in total. The van der Waals surface area contributed by atoms with Gasteiger partial charge in [-0.3, -0.25) is 0 Å². The van der Waals surface area contributed by atoms with E-state index >= 15 is 0 Å². The topological polar surface area (TPSA) is 49.7 Å². The van der Waals surface area contributed by atoms with Crippen molar-refractivity contribution in [3.63, 3.8) is 0 Å². The summed E-state index contributed by atoms with van der Waals surface area (Å²) in [6, 6.07) is 5.61. The molecule has 0 saturated carbocycles. The smallest absolute Gasteiger partial charge is 0.189 e. The number of aliphatic hydroxyl groups is 2. The predicted molar refractivity (Wildman–Crippen MR) is 53.6 cm³/mol. The highest BCUT2D eigenvalue weighted by Gasteiger charge is 2.23. The van der Waals surface area contributed by atoms with Crippen LogP contribution >= 0.6 is 0 Å². The molecule has 0 aromatic heterocycles. The first-order valence-electron chi connectivity index (χ1n) is 4.79. The number of hydrogen-bond acceptors (Lipinski definition) is 3. The van der Waals surface area contributed by atoms with Crippen molar-refractivity contribution in [3.8, 4) is 0 Å². The second kappa shape index (κ2) is 5.21. The van der Waals surface area contributed by atoms with Gasteiger partial charge in [0.25, 0.3) is 0 Å². The Morgan fingerprint density at radius 2 is 2.20 bits per heavy atom. The summed E-state index contributed by atoms with van der Waals surface area (Å²) in [7, 11) is 0. The highest BCUT2D eigenvalue weighted by atomic mass is 19.1. The fraction of sp³-hybridized carbons (Fsp3) is 0.455. The van der Waals surface area contributed by atoms with E-state index in [0.717, 1.165) is 0 Å². The zero-order valence-electron chi connectivity index (χ0n) is 8.61. The Morgan fingerprint density at radius 1 is 1.47 bits per heavy atom. The number of rotatable bonds is 5. The van der Waals surface area contributed by atoms with E-state index in [1.807, 2.05) is 0 Å². The van der Waals surface area contributed by atoms with Crippen LogP contribution in [0.1, 0.15) is 18.9 Å². The van der Waals surface area contributed by atoms with Crippen LogP contribution in [0.3, 0.4) is 0 Å². The Balaban J connectivity index is 2.67. The van der Waals surface area contributed by atoms with Gasteiger partial charge in [0.1, 0.15) is 5.82 Å². The lowest BCUT2D eigenvalue weighted by atomic mass is 10.1. The van der Waals surface area contributed by atoms with Crippen molar-refractivity contribution in [2.75, 3.05) is 13.2 Å². The molecule has 0 aliphatic carbocycles. The maximum absolute atomic E-state index is 12.9. The fourth-order valence-corrected chi connectivity index (χ4v) is 1.20. The van der Waals surface area contributed by atoms with Gasteiger partial charge in [-0.05, 0) is 25.5 Å². The van der Waals surface area contributed by atoms with Crippen LogP contribution in [0.5, 0.6) is 0 Å².